The smallest absolute Gasteiger partial charge is 0.261 e. The lowest BCUT2D eigenvalue weighted by molar-refractivity contribution is 0.0958. The highest BCUT2D eigenvalue weighted by Gasteiger charge is 2.10. The van der Waals surface area contributed by atoms with Crippen molar-refractivity contribution >= 4 is 33.2 Å². The van der Waals surface area contributed by atoms with Gasteiger partial charge < -0.3 is 5.32 Å². The molecule has 96 valence electrons. The molecule has 0 atom stereocenters. The maximum atomic E-state index is 11.9. The van der Waals surface area contributed by atoms with Crippen LogP contribution in [0.1, 0.15) is 20.9 Å². The Hall–Kier alpha value is -1.14. The average Bonchev–Trinajstić information content (AvgIpc) is 2.87. The molecule has 0 aliphatic rings. The first-order valence-corrected chi connectivity index (χ1v) is 7.20. The van der Waals surface area contributed by atoms with Crippen molar-refractivity contribution in [2.45, 2.75) is 13.3 Å². The van der Waals surface area contributed by atoms with Gasteiger partial charge in [-0.15, -0.1) is 11.3 Å². The van der Waals surface area contributed by atoms with Crippen LogP contribution < -0.4 is 5.32 Å². The Morgan fingerprint density at radius 3 is 2.94 bits per heavy atom. The highest BCUT2D eigenvalue weighted by atomic mass is 79.9. The van der Waals surface area contributed by atoms with Gasteiger partial charge in [0.2, 0.25) is 0 Å². The van der Waals surface area contributed by atoms with Gasteiger partial charge in [-0.2, -0.15) is 5.10 Å². The first kappa shape index (κ1) is 13.3. The van der Waals surface area contributed by atoms with Gasteiger partial charge in [-0.1, -0.05) is 0 Å². The van der Waals surface area contributed by atoms with E-state index in [1.807, 2.05) is 30.8 Å². The van der Waals surface area contributed by atoms with Gasteiger partial charge in [0.1, 0.15) is 0 Å². The van der Waals surface area contributed by atoms with E-state index in [-0.39, 0.29) is 5.91 Å². The lowest BCUT2D eigenvalue weighted by Crippen LogP contribution is -2.25. The van der Waals surface area contributed by atoms with E-state index in [1.54, 1.807) is 6.20 Å². The minimum Gasteiger partial charge on any atom is -0.351 e. The molecule has 0 aliphatic carbocycles. The van der Waals surface area contributed by atoms with E-state index in [2.05, 4.69) is 26.3 Å². The molecule has 0 spiro atoms. The summed E-state index contributed by atoms with van der Waals surface area (Å²) in [6.45, 7) is 2.60. The van der Waals surface area contributed by atoms with Gasteiger partial charge in [-0.25, -0.2) is 0 Å². The van der Waals surface area contributed by atoms with E-state index in [4.69, 9.17) is 0 Å². The Labute approximate surface area is 118 Å². The molecule has 2 heterocycles. The van der Waals surface area contributed by atoms with E-state index < -0.39 is 0 Å². The lowest BCUT2D eigenvalue weighted by atomic mass is 10.3. The molecule has 0 saturated heterocycles. The molecular formula is C12H14BrN3OS. The maximum absolute atomic E-state index is 11.9. The second kappa shape index (κ2) is 5.67. The summed E-state index contributed by atoms with van der Waals surface area (Å²) in [5.74, 6) is -0.0176. The van der Waals surface area contributed by atoms with Crippen molar-refractivity contribution in [1.82, 2.24) is 15.1 Å². The Morgan fingerprint density at radius 2 is 2.39 bits per heavy atom. The molecule has 2 aromatic rings. The molecule has 0 fully saturated rings. The number of hydrogen-bond acceptors (Lipinski definition) is 3. The van der Waals surface area contributed by atoms with Crippen LogP contribution in [0.4, 0.5) is 0 Å². The molecule has 18 heavy (non-hydrogen) atoms. The zero-order chi connectivity index (χ0) is 13.1. The third-order valence-corrected chi connectivity index (χ3v) is 4.81. The minimum atomic E-state index is -0.0176. The fourth-order valence-electron chi connectivity index (χ4n) is 1.61. The molecule has 0 unspecified atom stereocenters. The molecule has 0 radical (unpaired) electrons. The Bertz CT molecular complexity index is 542. The largest absolute Gasteiger partial charge is 0.351 e. The number of aryl methyl sites for hydroxylation is 2. The molecule has 4 nitrogen and oxygen atoms in total. The first-order chi connectivity index (χ1) is 8.58. The van der Waals surface area contributed by atoms with Gasteiger partial charge in [0, 0.05) is 31.9 Å². The highest BCUT2D eigenvalue weighted by molar-refractivity contribution is 9.11. The number of carbonyl (C=O) groups is 1. The summed E-state index contributed by atoms with van der Waals surface area (Å²) in [5, 5.41) is 7.00. The van der Waals surface area contributed by atoms with Gasteiger partial charge in [-0.05, 0) is 40.5 Å². The van der Waals surface area contributed by atoms with Crippen molar-refractivity contribution in [1.29, 1.82) is 0 Å². The SMILES string of the molecule is Cc1cc(C(=O)NCCc2ccnn2C)sc1Br. The number of nitrogens with zero attached hydrogens (tertiary/aromatic N) is 2. The van der Waals surface area contributed by atoms with E-state index in [9.17, 15) is 4.79 Å². The minimum absolute atomic E-state index is 0.0176. The monoisotopic (exact) mass is 327 g/mol. The van der Waals surface area contributed by atoms with E-state index in [0.717, 1.165) is 26.3 Å². The van der Waals surface area contributed by atoms with Gasteiger partial charge in [0.15, 0.2) is 0 Å². The van der Waals surface area contributed by atoms with Crippen LogP contribution in [0.2, 0.25) is 0 Å². The van der Waals surface area contributed by atoms with E-state index in [0.29, 0.717) is 6.54 Å². The molecule has 0 saturated carbocycles. The van der Waals surface area contributed by atoms with Crippen LogP contribution in [-0.2, 0) is 13.5 Å². The zero-order valence-electron chi connectivity index (χ0n) is 10.2. The molecule has 2 rings (SSSR count). The number of carbonyl (C=O) groups excluding carboxylic acids is 1. The van der Waals surface area contributed by atoms with Crippen molar-refractivity contribution in [2.24, 2.45) is 7.05 Å². The molecular weight excluding hydrogens is 314 g/mol. The zero-order valence-corrected chi connectivity index (χ0v) is 12.6. The maximum Gasteiger partial charge on any atom is 0.261 e. The Balaban J connectivity index is 1.87. The van der Waals surface area contributed by atoms with E-state index in [1.165, 1.54) is 11.3 Å². The highest BCUT2D eigenvalue weighted by Crippen LogP contribution is 2.27. The number of rotatable bonds is 4. The fraction of sp³-hybridized carbons (Fsp3) is 0.333. The normalized spacial score (nSPS) is 10.6. The van der Waals surface area contributed by atoms with Crippen LogP contribution in [0.15, 0.2) is 22.1 Å². The van der Waals surface area contributed by atoms with Crippen molar-refractivity contribution in [3.8, 4) is 0 Å². The van der Waals surface area contributed by atoms with Crippen molar-refractivity contribution in [3.63, 3.8) is 0 Å². The number of amides is 1. The topological polar surface area (TPSA) is 46.9 Å². The van der Waals surface area contributed by atoms with Crippen LogP contribution in [0.5, 0.6) is 0 Å². The predicted octanol–water partition coefficient (Wildman–Crippen LogP) is 2.53. The van der Waals surface area contributed by atoms with Crippen LogP contribution >= 0.6 is 27.3 Å². The first-order valence-electron chi connectivity index (χ1n) is 5.59. The predicted molar refractivity (Wildman–Crippen MR) is 76.0 cm³/mol. The molecule has 2 aromatic heterocycles. The van der Waals surface area contributed by atoms with Crippen molar-refractivity contribution < 1.29 is 4.79 Å². The van der Waals surface area contributed by atoms with Crippen molar-refractivity contribution in [2.75, 3.05) is 6.54 Å². The third-order valence-electron chi connectivity index (χ3n) is 2.67. The standard InChI is InChI=1S/C12H14BrN3OS/c1-8-7-10(18-11(8)13)12(17)14-5-3-9-4-6-15-16(9)2/h4,6-7H,3,5H2,1-2H3,(H,14,17). The Morgan fingerprint density at radius 1 is 1.61 bits per heavy atom. The second-order valence-electron chi connectivity index (χ2n) is 4.02. The molecule has 1 amide bonds. The van der Waals surface area contributed by atoms with Gasteiger partial charge in [0.05, 0.1) is 8.66 Å². The molecule has 1 N–H and O–H groups in total. The summed E-state index contributed by atoms with van der Waals surface area (Å²) < 4.78 is 2.83. The van der Waals surface area contributed by atoms with Gasteiger partial charge >= 0.3 is 0 Å². The number of thiophene rings is 1. The number of hydrogen-bond donors (Lipinski definition) is 1. The summed E-state index contributed by atoms with van der Waals surface area (Å²) in [5.41, 5.74) is 2.20. The van der Waals surface area contributed by atoms with Gasteiger partial charge in [0.25, 0.3) is 5.91 Å². The molecule has 0 aliphatic heterocycles. The van der Waals surface area contributed by atoms with Crippen LogP contribution in [0.3, 0.4) is 0 Å². The fourth-order valence-corrected chi connectivity index (χ4v) is 3.06. The average molecular weight is 328 g/mol. The number of halogens is 1. The van der Waals surface area contributed by atoms with E-state index >= 15 is 0 Å². The number of nitrogens with one attached hydrogen (secondary N) is 1. The van der Waals surface area contributed by atoms with Crippen LogP contribution in [-0.4, -0.2) is 22.2 Å². The summed E-state index contributed by atoms with van der Waals surface area (Å²) in [7, 11) is 1.90. The van der Waals surface area contributed by atoms with Gasteiger partial charge in [-0.3, -0.25) is 9.48 Å². The van der Waals surface area contributed by atoms with Crippen LogP contribution in [0.25, 0.3) is 0 Å². The summed E-state index contributed by atoms with van der Waals surface area (Å²) in [4.78, 5) is 12.6. The quantitative estimate of drug-likeness (QED) is 0.937. The second-order valence-corrected chi connectivity index (χ2v) is 6.39. The molecule has 0 aromatic carbocycles. The van der Waals surface area contributed by atoms with Crippen LogP contribution in [0, 0.1) is 6.92 Å². The summed E-state index contributed by atoms with van der Waals surface area (Å²) in [6.07, 6.45) is 2.55. The summed E-state index contributed by atoms with van der Waals surface area (Å²) in [6, 6.07) is 3.85. The van der Waals surface area contributed by atoms with Crippen molar-refractivity contribution in [3.05, 3.63) is 38.3 Å². The third kappa shape index (κ3) is 3.00. The lowest BCUT2D eigenvalue weighted by Gasteiger charge is -2.03. The Kier molecular flexibility index (Phi) is 4.19. The molecule has 6 heteroatoms. The molecule has 0 bridgehead atoms. The summed E-state index contributed by atoms with van der Waals surface area (Å²) >= 11 is 4.88. The number of aromatic nitrogens is 2.